The van der Waals surface area contributed by atoms with Gasteiger partial charge in [-0.15, -0.1) is 0 Å². The highest BCUT2D eigenvalue weighted by molar-refractivity contribution is 6.31. The number of likely N-dealkylation sites (N-methyl/N-ethyl adjacent to an activating group) is 1. The summed E-state index contributed by atoms with van der Waals surface area (Å²) in [6.07, 6.45) is 0.339. The van der Waals surface area contributed by atoms with E-state index in [4.69, 9.17) is 16.3 Å². The predicted octanol–water partition coefficient (Wildman–Crippen LogP) is 2.19. The Labute approximate surface area is 122 Å². The zero-order valence-electron chi connectivity index (χ0n) is 11.3. The highest BCUT2D eigenvalue weighted by atomic mass is 35.5. The molecule has 1 aromatic rings. The molecular formula is C14H17ClN2O3. The fourth-order valence-corrected chi connectivity index (χ4v) is 2.22. The van der Waals surface area contributed by atoms with Crippen LogP contribution in [0.25, 0.3) is 0 Å². The Balaban J connectivity index is 1.71. The Kier molecular flexibility index (Phi) is 4.84. The van der Waals surface area contributed by atoms with Gasteiger partial charge < -0.3 is 15.0 Å². The number of hydrogen-bond donors (Lipinski definition) is 1. The van der Waals surface area contributed by atoms with Crippen LogP contribution in [-0.4, -0.2) is 36.6 Å². The summed E-state index contributed by atoms with van der Waals surface area (Å²) in [5.74, 6) is -0.0736. The normalized spacial score (nSPS) is 18.0. The van der Waals surface area contributed by atoms with Crippen molar-refractivity contribution in [2.75, 3.05) is 13.6 Å². The predicted molar refractivity (Wildman–Crippen MR) is 75.4 cm³/mol. The van der Waals surface area contributed by atoms with Crippen LogP contribution in [0.4, 0.5) is 4.79 Å². The molecule has 1 N–H and O–H groups in total. The van der Waals surface area contributed by atoms with Crippen molar-refractivity contribution in [1.82, 2.24) is 10.2 Å². The molecule has 1 aliphatic heterocycles. The third-order valence-electron chi connectivity index (χ3n) is 3.18. The van der Waals surface area contributed by atoms with Gasteiger partial charge >= 0.3 is 6.09 Å². The maximum absolute atomic E-state index is 11.7. The molecule has 0 saturated carbocycles. The number of halogens is 1. The van der Waals surface area contributed by atoms with Gasteiger partial charge in [-0.3, -0.25) is 4.79 Å². The molecule has 5 nitrogen and oxygen atoms in total. The molecule has 2 rings (SSSR count). The molecule has 1 fully saturated rings. The monoisotopic (exact) mass is 296 g/mol. The van der Waals surface area contributed by atoms with Gasteiger partial charge in [-0.1, -0.05) is 29.8 Å². The van der Waals surface area contributed by atoms with E-state index in [-0.39, 0.29) is 18.1 Å². The third kappa shape index (κ3) is 3.87. The van der Waals surface area contributed by atoms with Gasteiger partial charge in [0.15, 0.2) is 0 Å². The largest absolute Gasteiger partial charge is 0.444 e. The molecule has 1 aliphatic rings. The minimum absolute atomic E-state index is 0.0736. The number of carbonyl (C=O) groups is 2. The summed E-state index contributed by atoms with van der Waals surface area (Å²) in [4.78, 5) is 24.4. The summed E-state index contributed by atoms with van der Waals surface area (Å²) in [6.45, 7) is 0.944. The average Bonchev–Trinajstić information content (AvgIpc) is 2.75. The van der Waals surface area contributed by atoms with Crippen LogP contribution in [0.15, 0.2) is 24.3 Å². The van der Waals surface area contributed by atoms with E-state index in [9.17, 15) is 9.59 Å². The smallest absolute Gasteiger partial charge is 0.409 e. The van der Waals surface area contributed by atoms with Crippen LogP contribution in [0, 0.1) is 0 Å². The lowest BCUT2D eigenvalue weighted by Gasteiger charge is -2.09. The van der Waals surface area contributed by atoms with Gasteiger partial charge in [-0.05, 0) is 18.1 Å². The summed E-state index contributed by atoms with van der Waals surface area (Å²) < 4.78 is 5.09. The molecule has 0 bridgehead atoms. The van der Waals surface area contributed by atoms with Crippen molar-refractivity contribution in [2.24, 2.45) is 0 Å². The Bertz CT molecular complexity index is 507. The van der Waals surface area contributed by atoms with Gasteiger partial charge in [0.05, 0.1) is 6.54 Å². The quantitative estimate of drug-likeness (QED) is 0.906. The van der Waals surface area contributed by atoms with Gasteiger partial charge in [-0.25, -0.2) is 4.79 Å². The van der Waals surface area contributed by atoms with E-state index in [0.717, 1.165) is 5.56 Å². The van der Waals surface area contributed by atoms with E-state index in [2.05, 4.69) is 5.32 Å². The zero-order valence-corrected chi connectivity index (χ0v) is 12.0. The van der Waals surface area contributed by atoms with Crippen molar-refractivity contribution in [3.05, 3.63) is 34.9 Å². The molecule has 1 heterocycles. The van der Waals surface area contributed by atoms with Crippen LogP contribution in [0.1, 0.15) is 18.4 Å². The first-order chi connectivity index (χ1) is 9.56. The van der Waals surface area contributed by atoms with E-state index < -0.39 is 0 Å². The molecule has 0 radical (unpaired) electrons. The molecule has 108 valence electrons. The fourth-order valence-electron chi connectivity index (χ4n) is 2.02. The minimum Gasteiger partial charge on any atom is -0.444 e. The summed E-state index contributed by atoms with van der Waals surface area (Å²) >= 11 is 6.01. The van der Waals surface area contributed by atoms with Crippen LogP contribution < -0.4 is 5.32 Å². The van der Waals surface area contributed by atoms with Crippen LogP contribution >= 0.6 is 11.6 Å². The van der Waals surface area contributed by atoms with Crippen molar-refractivity contribution < 1.29 is 14.3 Å². The number of cyclic esters (lactones) is 1. The first kappa shape index (κ1) is 14.7. The van der Waals surface area contributed by atoms with Crippen molar-refractivity contribution in [3.63, 3.8) is 0 Å². The molecule has 1 atom stereocenters. The summed E-state index contributed by atoms with van der Waals surface area (Å²) in [6, 6.07) is 7.38. The Morgan fingerprint density at radius 3 is 2.90 bits per heavy atom. The molecular weight excluding hydrogens is 280 g/mol. The number of amides is 2. The number of ether oxygens (including phenoxy) is 1. The Morgan fingerprint density at radius 2 is 2.25 bits per heavy atom. The lowest BCUT2D eigenvalue weighted by molar-refractivity contribution is -0.121. The topological polar surface area (TPSA) is 58.6 Å². The number of nitrogens with one attached hydrogen (secondary N) is 1. The molecule has 6 heteroatoms. The average molecular weight is 297 g/mol. The second kappa shape index (κ2) is 6.61. The number of hydrogen-bond acceptors (Lipinski definition) is 3. The van der Waals surface area contributed by atoms with Gasteiger partial charge in [0.2, 0.25) is 5.91 Å². The zero-order chi connectivity index (χ0) is 14.5. The second-order valence-electron chi connectivity index (χ2n) is 4.79. The van der Waals surface area contributed by atoms with Crippen molar-refractivity contribution in [1.29, 1.82) is 0 Å². The van der Waals surface area contributed by atoms with Crippen molar-refractivity contribution in [2.45, 2.75) is 25.5 Å². The Morgan fingerprint density at radius 1 is 1.50 bits per heavy atom. The first-order valence-corrected chi connectivity index (χ1v) is 6.86. The van der Waals surface area contributed by atoms with Gasteiger partial charge in [0, 0.05) is 25.0 Å². The van der Waals surface area contributed by atoms with Gasteiger partial charge in [0.25, 0.3) is 0 Å². The Hall–Kier alpha value is -1.75. The molecule has 2 amide bonds. The minimum atomic E-state index is -0.327. The number of nitrogens with zero attached hydrogens (tertiary/aromatic N) is 1. The van der Waals surface area contributed by atoms with E-state index in [1.54, 1.807) is 13.1 Å². The lowest BCUT2D eigenvalue weighted by Crippen LogP contribution is -2.25. The summed E-state index contributed by atoms with van der Waals surface area (Å²) in [5.41, 5.74) is 0.884. The molecule has 1 unspecified atom stereocenters. The summed E-state index contributed by atoms with van der Waals surface area (Å²) in [7, 11) is 1.68. The van der Waals surface area contributed by atoms with Crippen molar-refractivity contribution >= 4 is 23.6 Å². The van der Waals surface area contributed by atoms with E-state index in [0.29, 0.717) is 31.0 Å². The SMILES string of the molecule is CN1CC(CCC(=O)NCc2ccccc2Cl)OC1=O. The molecule has 1 aromatic carbocycles. The first-order valence-electron chi connectivity index (χ1n) is 6.48. The lowest BCUT2D eigenvalue weighted by atomic mass is 10.2. The fraction of sp³-hybridized carbons (Fsp3) is 0.429. The van der Waals surface area contributed by atoms with Gasteiger partial charge in [-0.2, -0.15) is 0 Å². The second-order valence-corrected chi connectivity index (χ2v) is 5.20. The van der Waals surface area contributed by atoms with Crippen LogP contribution in [0.3, 0.4) is 0 Å². The standard InChI is InChI=1S/C14H17ClN2O3/c1-17-9-11(20-14(17)19)6-7-13(18)16-8-10-4-2-3-5-12(10)15/h2-5,11H,6-9H2,1H3,(H,16,18). The summed E-state index contributed by atoms with van der Waals surface area (Å²) in [5, 5.41) is 3.45. The number of rotatable bonds is 5. The van der Waals surface area contributed by atoms with E-state index in [1.807, 2.05) is 18.2 Å². The highest BCUT2D eigenvalue weighted by Crippen LogP contribution is 2.15. The molecule has 20 heavy (non-hydrogen) atoms. The third-order valence-corrected chi connectivity index (χ3v) is 3.55. The van der Waals surface area contributed by atoms with Crippen LogP contribution in [0.5, 0.6) is 0 Å². The maximum Gasteiger partial charge on any atom is 0.409 e. The highest BCUT2D eigenvalue weighted by Gasteiger charge is 2.28. The molecule has 0 aromatic heterocycles. The van der Waals surface area contributed by atoms with Crippen molar-refractivity contribution in [3.8, 4) is 0 Å². The maximum atomic E-state index is 11.7. The van der Waals surface area contributed by atoms with Crippen LogP contribution in [0.2, 0.25) is 5.02 Å². The van der Waals surface area contributed by atoms with Crippen LogP contribution in [-0.2, 0) is 16.1 Å². The van der Waals surface area contributed by atoms with Gasteiger partial charge in [0.1, 0.15) is 6.10 Å². The number of benzene rings is 1. The van der Waals surface area contributed by atoms with E-state index in [1.165, 1.54) is 4.90 Å². The molecule has 0 spiro atoms. The van der Waals surface area contributed by atoms with E-state index >= 15 is 0 Å². The molecule has 1 saturated heterocycles. The molecule has 0 aliphatic carbocycles. The number of carbonyl (C=O) groups excluding carboxylic acids is 2.